The molecule has 1 aromatic rings. The molecule has 90 valence electrons. The molecule has 0 saturated carbocycles. The van der Waals surface area contributed by atoms with Crippen molar-refractivity contribution in [3.05, 3.63) is 29.8 Å². The summed E-state index contributed by atoms with van der Waals surface area (Å²) in [5.74, 6) is 0.786. The minimum Gasteiger partial charge on any atom is -0.388 e. The van der Waals surface area contributed by atoms with E-state index in [1.165, 1.54) is 24.2 Å². The summed E-state index contributed by atoms with van der Waals surface area (Å²) < 4.78 is 0. The Morgan fingerprint density at radius 1 is 1.19 bits per heavy atom. The van der Waals surface area contributed by atoms with Crippen molar-refractivity contribution < 1.29 is 0 Å². The Morgan fingerprint density at radius 3 is 2.31 bits per heavy atom. The van der Waals surface area contributed by atoms with Crippen LogP contribution in [-0.2, 0) is 6.54 Å². The van der Waals surface area contributed by atoms with Gasteiger partial charge in [-0.3, -0.25) is 0 Å². The average molecular weight is 220 g/mol. The van der Waals surface area contributed by atoms with E-state index < -0.39 is 0 Å². The third-order valence-corrected chi connectivity index (χ3v) is 2.78. The maximum Gasteiger partial charge on any atom is 0.0337 e. The van der Waals surface area contributed by atoms with Crippen molar-refractivity contribution in [3.63, 3.8) is 0 Å². The van der Waals surface area contributed by atoms with Gasteiger partial charge in [-0.2, -0.15) is 0 Å². The molecule has 0 bridgehead atoms. The predicted molar refractivity (Wildman–Crippen MR) is 71.8 cm³/mol. The second kappa shape index (κ2) is 6.54. The van der Waals surface area contributed by atoms with Crippen molar-refractivity contribution in [2.45, 2.75) is 26.8 Å². The fourth-order valence-corrected chi connectivity index (χ4v) is 1.65. The summed E-state index contributed by atoms with van der Waals surface area (Å²) in [5.41, 5.74) is 2.55. The Hall–Kier alpha value is -1.02. The molecule has 2 heteroatoms. The zero-order valence-electron chi connectivity index (χ0n) is 11.0. The van der Waals surface area contributed by atoms with Crippen LogP contribution in [0.15, 0.2) is 24.3 Å². The van der Waals surface area contributed by atoms with E-state index in [0.717, 1.165) is 12.5 Å². The molecule has 16 heavy (non-hydrogen) atoms. The highest BCUT2D eigenvalue weighted by Crippen LogP contribution is 2.11. The first-order chi connectivity index (χ1) is 7.61. The van der Waals surface area contributed by atoms with Gasteiger partial charge in [-0.1, -0.05) is 26.0 Å². The van der Waals surface area contributed by atoms with Crippen LogP contribution in [0.2, 0.25) is 0 Å². The first kappa shape index (κ1) is 13.0. The molecule has 0 heterocycles. The van der Waals surface area contributed by atoms with Crippen molar-refractivity contribution >= 4 is 5.69 Å². The molecule has 0 aliphatic heterocycles. The number of benzene rings is 1. The van der Waals surface area contributed by atoms with Gasteiger partial charge in [0.2, 0.25) is 0 Å². The largest absolute Gasteiger partial charge is 0.388 e. The Balaban J connectivity index is 2.40. The lowest BCUT2D eigenvalue weighted by Crippen LogP contribution is -2.20. The molecule has 0 aliphatic rings. The molecular weight excluding hydrogens is 196 g/mol. The van der Waals surface area contributed by atoms with E-state index in [-0.39, 0.29) is 0 Å². The summed E-state index contributed by atoms with van der Waals surface area (Å²) in [4.78, 5) is 2.38. The van der Waals surface area contributed by atoms with Crippen LogP contribution in [0.4, 0.5) is 5.69 Å². The molecule has 0 amide bonds. The summed E-state index contributed by atoms with van der Waals surface area (Å²) in [6, 6.07) is 8.65. The first-order valence-corrected chi connectivity index (χ1v) is 6.07. The third kappa shape index (κ3) is 4.67. The van der Waals surface area contributed by atoms with Crippen LogP contribution >= 0.6 is 0 Å². The smallest absolute Gasteiger partial charge is 0.0337 e. The molecule has 0 spiro atoms. The van der Waals surface area contributed by atoms with Gasteiger partial charge in [-0.25, -0.2) is 0 Å². The molecule has 0 saturated heterocycles. The summed E-state index contributed by atoms with van der Waals surface area (Å²) in [5, 5.41) is 3.13. The number of anilines is 1. The Bertz CT molecular complexity index is 290. The predicted octanol–water partition coefficient (Wildman–Crippen LogP) is 3.21. The van der Waals surface area contributed by atoms with Crippen LogP contribution < -0.4 is 5.32 Å². The molecule has 1 N–H and O–H groups in total. The summed E-state index contributed by atoms with van der Waals surface area (Å²) >= 11 is 0. The first-order valence-electron chi connectivity index (χ1n) is 6.07. The van der Waals surface area contributed by atoms with Crippen LogP contribution in [0, 0.1) is 5.92 Å². The molecule has 0 unspecified atom stereocenters. The Kier molecular flexibility index (Phi) is 5.33. The van der Waals surface area contributed by atoms with Gasteiger partial charge in [0.15, 0.2) is 0 Å². The van der Waals surface area contributed by atoms with E-state index in [9.17, 15) is 0 Å². The van der Waals surface area contributed by atoms with Crippen LogP contribution in [0.25, 0.3) is 0 Å². The molecule has 0 atom stereocenters. The number of nitrogens with zero attached hydrogens (tertiary/aromatic N) is 1. The van der Waals surface area contributed by atoms with E-state index in [0.29, 0.717) is 0 Å². The lowest BCUT2D eigenvalue weighted by atomic mass is 10.1. The SMILES string of the molecule is CNc1ccc(CN(C)CCC(C)C)cc1. The quantitative estimate of drug-likeness (QED) is 0.792. The van der Waals surface area contributed by atoms with Crippen molar-refractivity contribution in [3.8, 4) is 0 Å². The summed E-state index contributed by atoms with van der Waals surface area (Å²) in [6.07, 6.45) is 1.27. The fraction of sp³-hybridized carbons (Fsp3) is 0.571. The summed E-state index contributed by atoms with van der Waals surface area (Å²) in [7, 11) is 4.14. The topological polar surface area (TPSA) is 15.3 Å². The monoisotopic (exact) mass is 220 g/mol. The average Bonchev–Trinajstić information content (AvgIpc) is 2.27. The lowest BCUT2D eigenvalue weighted by Gasteiger charge is -2.18. The van der Waals surface area contributed by atoms with Gasteiger partial charge in [0.1, 0.15) is 0 Å². The van der Waals surface area contributed by atoms with Crippen molar-refractivity contribution in [2.75, 3.05) is 26.0 Å². The molecule has 0 fully saturated rings. The zero-order valence-corrected chi connectivity index (χ0v) is 11.0. The second-order valence-corrected chi connectivity index (χ2v) is 4.87. The van der Waals surface area contributed by atoms with Crippen molar-refractivity contribution in [1.82, 2.24) is 4.90 Å². The van der Waals surface area contributed by atoms with E-state index in [4.69, 9.17) is 0 Å². The van der Waals surface area contributed by atoms with E-state index in [1.54, 1.807) is 0 Å². The van der Waals surface area contributed by atoms with Gasteiger partial charge in [0, 0.05) is 19.3 Å². The molecular formula is C14H24N2. The van der Waals surface area contributed by atoms with Crippen molar-refractivity contribution in [1.29, 1.82) is 0 Å². The molecule has 0 aliphatic carbocycles. The summed E-state index contributed by atoms with van der Waals surface area (Å²) in [6.45, 7) is 6.76. The highest BCUT2D eigenvalue weighted by molar-refractivity contribution is 5.43. The van der Waals surface area contributed by atoms with Crippen LogP contribution in [0.3, 0.4) is 0 Å². The van der Waals surface area contributed by atoms with Gasteiger partial charge in [0.05, 0.1) is 0 Å². The van der Waals surface area contributed by atoms with Crippen LogP contribution in [-0.4, -0.2) is 25.5 Å². The Labute approximate surface area is 99.7 Å². The van der Waals surface area contributed by atoms with E-state index in [1.807, 2.05) is 7.05 Å². The van der Waals surface area contributed by atoms with E-state index >= 15 is 0 Å². The second-order valence-electron chi connectivity index (χ2n) is 4.87. The standard InChI is InChI=1S/C14H24N2/c1-12(2)9-10-16(4)11-13-5-7-14(15-3)8-6-13/h5-8,12,15H,9-11H2,1-4H3. The highest BCUT2D eigenvalue weighted by Gasteiger charge is 2.01. The van der Waals surface area contributed by atoms with Crippen molar-refractivity contribution in [2.24, 2.45) is 5.92 Å². The van der Waals surface area contributed by atoms with Gasteiger partial charge < -0.3 is 10.2 Å². The molecule has 2 nitrogen and oxygen atoms in total. The van der Waals surface area contributed by atoms with Gasteiger partial charge in [0.25, 0.3) is 0 Å². The molecule has 0 aromatic heterocycles. The fourth-order valence-electron chi connectivity index (χ4n) is 1.65. The minimum absolute atomic E-state index is 0.786. The maximum absolute atomic E-state index is 3.13. The lowest BCUT2D eigenvalue weighted by molar-refractivity contribution is 0.303. The number of hydrogen-bond acceptors (Lipinski definition) is 2. The maximum atomic E-state index is 3.13. The number of nitrogens with one attached hydrogen (secondary N) is 1. The zero-order chi connectivity index (χ0) is 12.0. The normalized spacial score (nSPS) is 11.1. The van der Waals surface area contributed by atoms with Gasteiger partial charge in [-0.15, -0.1) is 0 Å². The molecule has 0 radical (unpaired) electrons. The number of hydrogen-bond donors (Lipinski definition) is 1. The molecule has 1 aromatic carbocycles. The Morgan fingerprint density at radius 2 is 1.81 bits per heavy atom. The third-order valence-electron chi connectivity index (χ3n) is 2.78. The minimum atomic E-state index is 0.786. The van der Waals surface area contributed by atoms with E-state index in [2.05, 4.69) is 55.4 Å². The number of rotatable bonds is 6. The van der Waals surface area contributed by atoms with Crippen LogP contribution in [0.5, 0.6) is 0 Å². The van der Waals surface area contributed by atoms with Gasteiger partial charge >= 0.3 is 0 Å². The molecule has 1 rings (SSSR count). The highest BCUT2D eigenvalue weighted by atomic mass is 15.1. The van der Waals surface area contributed by atoms with Gasteiger partial charge in [-0.05, 0) is 43.6 Å². The van der Waals surface area contributed by atoms with Crippen LogP contribution in [0.1, 0.15) is 25.8 Å².